The van der Waals surface area contributed by atoms with Gasteiger partial charge in [-0.1, -0.05) is 24.6 Å². The van der Waals surface area contributed by atoms with Crippen LogP contribution in [0, 0.1) is 17.7 Å². The van der Waals surface area contributed by atoms with Crippen LogP contribution >= 0.6 is 23.4 Å². The zero-order valence-corrected chi connectivity index (χ0v) is 27.1. The molecule has 0 spiro atoms. The molecule has 3 aliphatic heterocycles. The number of halogens is 2. The lowest BCUT2D eigenvalue weighted by molar-refractivity contribution is -0.136. The van der Waals surface area contributed by atoms with Crippen LogP contribution in [-0.2, 0) is 17.8 Å². The number of thioether (sulfide) groups is 1. The van der Waals surface area contributed by atoms with Crippen molar-refractivity contribution in [1.29, 1.82) is 0 Å². The maximum atomic E-state index is 13.8. The summed E-state index contributed by atoms with van der Waals surface area (Å²) >= 11 is 8.04. The highest BCUT2D eigenvalue weighted by atomic mass is 35.5. The highest BCUT2D eigenvalue weighted by Crippen LogP contribution is 2.27. The largest absolute Gasteiger partial charge is 0.384 e. The van der Waals surface area contributed by atoms with E-state index in [-0.39, 0.29) is 17.6 Å². The molecule has 5 rings (SSSR count). The molecule has 0 aliphatic carbocycles. The van der Waals surface area contributed by atoms with E-state index in [1.54, 1.807) is 23.9 Å². The third-order valence-corrected chi connectivity index (χ3v) is 10.6. The minimum absolute atomic E-state index is 0.0919. The minimum Gasteiger partial charge on any atom is -0.384 e. The van der Waals surface area contributed by atoms with Crippen molar-refractivity contribution in [2.24, 2.45) is 17.6 Å². The van der Waals surface area contributed by atoms with Crippen molar-refractivity contribution in [3.8, 4) is 0 Å². The first-order chi connectivity index (χ1) is 20.9. The molecule has 2 atom stereocenters. The highest BCUT2D eigenvalue weighted by Gasteiger charge is 2.33. The summed E-state index contributed by atoms with van der Waals surface area (Å²) in [6, 6.07) is 10.8. The Balaban J connectivity index is 1.04. The SMILES string of the molecule is CCSc1cc(F)ccc1CN1CCN(C(=O)[C@H](N)C2CCN(CCc3cc(Cl)ccc3NC[C@H]3CCNC3)CC2)CC1. The molecule has 3 saturated heterocycles. The Morgan fingerprint density at radius 3 is 2.58 bits per heavy atom. The molecule has 2 aromatic carbocycles. The molecule has 0 unspecified atom stereocenters. The summed E-state index contributed by atoms with van der Waals surface area (Å²) in [6.07, 6.45) is 4.07. The fraction of sp³-hybridized carbons (Fsp3) is 0.606. The van der Waals surface area contributed by atoms with E-state index in [0.717, 1.165) is 99.4 Å². The Morgan fingerprint density at radius 1 is 1.07 bits per heavy atom. The summed E-state index contributed by atoms with van der Waals surface area (Å²) in [6.45, 7) is 11.9. The lowest BCUT2D eigenvalue weighted by Gasteiger charge is -2.39. The number of hydrogen-bond acceptors (Lipinski definition) is 7. The molecule has 0 bridgehead atoms. The van der Waals surface area contributed by atoms with Crippen LogP contribution in [0.25, 0.3) is 0 Å². The van der Waals surface area contributed by atoms with Crippen LogP contribution in [0.5, 0.6) is 0 Å². The van der Waals surface area contributed by atoms with Crippen molar-refractivity contribution in [1.82, 2.24) is 20.0 Å². The normalized spacial score (nSPS) is 21.3. The molecule has 43 heavy (non-hydrogen) atoms. The van der Waals surface area contributed by atoms with Gasteiger partial charge < -0.3 is 26.2 Å². The van der Waals surface area contributed by atoms with Crippen LogP contribution in [0.1, 0.15) is 37.3 Å². The number of carbonyl (C=O) groups is 1. The molecule has 4 N–H and O–H groups in total. The molecule has 236 valence electrons. The molecule has 0 radical (unpaired) electrons. The number of nitrogens with two attached hydrogens (primary N) is 1. The predicted octanol–water partition coefficient (Wildman–Crippen LogP) is 4.54. The van der Waals surface area contributed by atoms with Crippen molar-refractivity contribution >= 4 is 35.0 Å². The van der Waals surface area contributed by atoms with Crippen LogP contribution in [0.15, 0.2) is 41.3 Å². The van der Waals surface area contributed by atoms with E-state index in [9.17, 15) is 9.18 Å². The molecule has 3 heterocycles. The summed E-state index contributed by atoms with van der Waals surface area (Å²) in [5.74, 6) is 1.71. The van der Waals surface area contributed by atoms with Crippen LogP contribution in [0.2, 0.25) is 5.02 Å². The van der Waals surface area contributed by atoms with Gasteiger partial charge in [0.1, 0.15) is 5.82 Å². The predicted molar refractivity (Wildman–Crippen MR) is 176 cm³/mol. The molecule has 7 nitrogen and oxygen atoms in total. The number of amides is 1. The van der Waals surface area contributed by atoms with Crippen molar-refractivity contribution < 1.29 is 9.18 Å². The van der Waals surface area contributed by atoms with Crippen LogP contribution in [-0.4, -0.2) is 97.8 Å². The van der Waals surface area contributed by atoms with Crippen LogP contribution in [0.3, 0.4) is 0 Å². The summed E-state index contributed by atoms with van der Waals surface area (Å²) in [5, 5.41) is 7.89. The second-order valence-electron chi connectivity index (χ2n) is 12.3. The smallest absolute Gasteiger partial charge is 0.239 e. The third kappa shape index (κ3) is 9.08. The van der Waals surface area contributed by atoms with Gasteiger partial charge in [-0.05, 0) is 111 Å². The fourth-order valence-corrected chi connectivity index (χ4v) is 7.65. The molecule has 10 heteroatoms. The molecular weight excluding hydrogens is 583 g/mol. The molecule has 2 aromatic rings. The average Bonchev–Trinajstić information content (AvgIpc) is 3.55. The third-order valence-electron chi connectivity index (χ3n) is 9.34. The Kier molecular flexibility index (Phi) is 12.0. The van der Waals surface area contributed by atoms with Gasteiger partial charge in [0, 0.05) is 61.4 Å². The van der Waals surface area contributed by atoms with Gasteiger partial charge in [-0.3, -0.25) is 9.69 Å². The van der Waals surface area contributed by atoms with Gasteiger partial charge in [-0.15, -0.1) is 11.8 Å². The Bertz CT molecular complexity index is 1200. The summed E-state index contributed by atoms with van der Waals surface area (Å²) in [7, 11) is 0. The maximum Gasteiger partial charge on any atom is 0.239 e. The molecule has 0 saturated carbocycles. The van der Waals surface area contributed by atoms with Gasteiger partial charge in [-0.2, -0.15) is 0 Å². The fourth-order valence-electron chi connectivity index (χ4n) is 6.63. The second kappa shape index (κ2) is 15.9. The van der Waals surface area contributed by atoms with Crippen LogP contribution < -0.4 is 16.4 Å². The van der Waals surface area contributed by atoms with Crippen molar-refractivity contribution in [2.75, 3.05) is 76.5 Å². The summed E-state index contributed by atoms with van der Waals surface area (Å²) in [5.41, 5.74) is 10.2. The first-order valence-electron chi connectivity index (χ1n) is 16.0. The van der Waals surface area contributed by atoms with E-state index in [4.69, 9.17) is 17.3 Å². The van der Waals surface area contributed by atoms with E-state index in [0.29, 0.717) is 19.0 Å². The molecule has 3 fully saturated rings. The number of hydrogen-bond donors (Lipinski definition) is 3. The number of nitrogens with zero attached hydrogens (tertiary/aromatic N) is 3. The Hall–Kier alpha value is -1.88. The van der Waals surface area contributed by atoms with Gasteiger partial charge >= 0.3 is 0 Å². The number of anilines is 1. The highest BCUT2D eigenvalue weighted by molar-refractivity contribution is 7.99. The monoisotopic (exact) mass is 630 g/mol. The average molecular weight is 631 g/mol. The molecule has 1 amide bonds. The van der Waals surface area contributed by atoms with E-state index in [1.165, 1.54) is 17.7 Å². The van der Waals surface area contributed by atoms with Gasteiger partial charge in [0.15, 0.2) is 0 Å². The Labute approximate surface area is 266 Å². The minimum atomic E-state index is -0.438. The number of likely N-dealkylation sites (tertiary alicyclic amines) is 1. The second-order valence-corrected chi connectivity index (χ2v) is 14.0. The molecular formula is C33H48ClFN6OS. The first kappa shape index (κ1) is 32.5. The number of piperazine rings is 1. The van der Waals surface area contributed by atoms with Crippen molar-refractivity contribution in [3.63, 3.8) is 0 Å². The topological polar surface area (TPSA) is 76.9 Å². The number of carbonyl (C=O) groups excluding carboxylic acids is 1. The molecule has 0 aromatic heterocycles. The van der Waals surface area contributed by atoms with Crippen molar-refractivity contribution in [2.45, 2.75) is 50.1 Å². The summed E-state index contributed by atoms with van der Waals surface area (Å²) in [4.78, 5) is 21.2. The van der Waals surface area contributed by atoms with E-state index in [1.807, 2.05) is 17.0 Å². The number of nitrogens with one attached hydrogen (secondary N) is 2. The standard InChI is InChI=1S/C33H48ClFN6OS/c1-2-43-31-20-29(35)5-3-27(31)23-40-15-17-41(18-16-40)33(42)32(36)25-8-12-39(13-9-25)14-10-26-19-28(34)4-6-30(26)38-22-24-7-11-37-21-24/h3-6,19-20,24-25,32,37-38H,2,7-18,21-23,36H2,1H3/t24-,32+/m0/s1. The van der Waals surface area contributed by atoms with Gasteiger partial charge in [0.25, 0.3) is 0 Å². The quantitative estimate of drug-likeness (QED) is 0.297. The maximum absolute atomic E-state index is 13.8. The molecule has 3 aliphatic rings. The van der Waals surface area contributed by atoms with E-state index in [2.05, 4.69) is 39.5 Å². The number of rotatable bonds is 12. The van der Waals surface area contributed by atoms with Crippen LogP contribution in [0.4, 0.5) is 10.1 Å². The lowest BCUT2D eigenvalue weighted by atomic mass is 9.88. The van der Waals surface area contributed by atoms with Gasteiger partial charge in [0.05, 0.1) is 6.04 Å². The lowest BCUT2D eigenvalue weighted by Crippen LogP contribution is -2.55. The van der Waals surface area contributed by atoms with Gasteiger partial charge in [0.2, 0.25) is 5.91 Å². The zero-order chi connectivity index (χ0) is 30.2. The van der Waals surface area contributed by atoms with E-state index >= 15 is 0 Å². The first-order valence-corrected chi connectivity index (χ1v) is 17.4. The zero-order valence-electron chi connectivity index (χ0n) is 25.5. The number of piperidine rings is 1. The van der Waals surface area contributed by atoms with E-state index < -0.39 is 6.04 Å². The summed E-state index contributed by atoms with van der Waals surface area (Å²) < 4.78 is 13.8. The van der Waals surface area contributed by atoms with Crippen molar-refractivity contribution in [3.05, 3.63) is 58.4 Å². The number of benzene rings is 2. The Morgan fingerprint density at radius 2 is 1.86 bits per heavy atom. The van der Waals surface area contributed by atoms with Gasteiger partial charge in [-0.25, -0.2) is 4.39 Å².